The number of carbonyl (C=O) groups excluding carboxylic acids is 1. The molecule has 2 aromatic carbocycles. The number of benzene rings is 2. The molecule has 0 aliphatic carbocycles. The maximum absolute atomic E-state index is 13.9. The van der Waals surface area contributed by atoms with E-state index in [1.807, 2.05) is 39.0 Å². The van der Waals surface area contributed by atoms with Gasteiger partial charge in [-0.25, -0.2) is 4.79 Å². The average Bonchev–Trinajstić information content (AvgIpc) is 3.26. The van der Waals surface area contributed by atoms with Crippen LogP contribution in [0.4, 0.5) is 0 Å². The first kappa shape index (κ1) is 27.8. The molecule has 4 rings (SSSR count). The maximum atomic E-state index is 13.9. The van der Waals surface area contributed by atoms with Gasteiger partial charge in [-0.15, -0.1) is 0 Å². The fourth-order valence-electron chi connectivity index (χ4n) is 5.62. The summed E-state index contributed by atoms with van der Waals surface area (Å²) in [5, 5.41) is 23.5. The highest BCUT2D eigenvalue weighted by Crippen LogP contribution is 2.59. The lowest BCUT2D eigenvalue weighted by atomic mass is 9.63. The van der Waals surface area contributed by atoms with E-state index in [4.69, 9.17) is 27.9 Å². The SMILES string of the molecule is CCOC(=O)CCn1c(O)c2n(c1=O)[C@H](CC(C)(C)C)[C@](C#N)(c1ccc(Cl)cc1)[C@H]2c1cccc(Cl)c1. The summed E-state index contributed by atoms with van der Waals surface area (Å²) in [4.78, 5) is 26.0. The summed E-state index contributed by atoms with van der Waals surface area (Å²) in [6.07, 6.45) is 0.394. The van der Waals surface area contributed by atoms with Crippen LogP contribution >= 0.6 is 23.2 Å². The number of imidazole rings is 1. The molecule has 0 fully saturated rings. The lowest BCUT2D eigenvalue weighted by Crippen LogP contribution is -2.40. The first-order chi connectivity index (χ1) is 17.9. The number of aromatic hydroxyl groups is 1. The van der Waals surface area contributed by atoms with Crippen molar-refractivity contribution in [2.24, 2.45) is 5.41 Å². The molecule has 3 atom stereocenters. The zero-order valence-electron chi connectivity index (χ0n) is 21.9. The molecule has 1 N–H and O–H groups in total. The third-order valence-electron chi connectivity index (χ3n) is 7.09. The van der Waals surface area contributed by atoms with E-state index in [2.05, 4.69) is 6.07 Å². The largest absolute Gasteiger partial charge is 0.493 e. The third kappa shape index (κ3) is 4.83. The van der Waals surface area contributed by atoms with Gasteiger partial charge in [-0.2, -0.15) is 5.26 Å². The summed E-state index contributed by atoms with van der Waals surface area (Å²) < 4.78 is 7.77. The first-order valence-electron chi connectivity index (χ1n) is 12.6. The Morgan fingerprint density at radius 1 is 1.16 bits per heavy atom. The van der Waals surface area contributed by atoms with E-state index < -0.39 is 29.0 Å². The van der Waals surface area contributed by atoms with Crippen molar-refractivity contribution in [2.45, 2.75) is 64.5 Å². The number of esters is 1. The maximum Gasteiger partial charge on any atom is 0.331 e. The van der Waals surface area contributed by atoms with Crippen molar-refractivity contribution in [3.63, 3.8) is 0 Å². The number of fused-ring (bicyclic) bond motifs is 1. The third-order valence-corrected chi connectivity index (χ3v) is 7.57. The Kier molecular flexibility index (Phi) is 7.69. The summed E-state index contributed by atoms with van der Waals surface area (Å²) in [7, 11) is 0. The Labute approximate surface area is 232 Å². The van der Waals surface area contributed by atoms with Crippen molar-refractivity contribution in [3.05, 3.63) is 85.9 Å². The van der Waals surface area contributed by atoms with Crippen LogP contribution in [0.25, 0.3) is 0 Å². The van der Waals surface area contributed by atoms with E-state index in [1.165, 1.54) is 4.57 Å². The Bertz CT molecular complexity index is 1450. The van der Waals surface area contributed by atoms with Gasteiger partial charge in [0.25, 0.3) is 0 Å². The van der Waals surface area contributed by atoms with Gasteiger partial charge in [0.05, 0.1) is 36.8 Å². The number of carbonyl (C=O) groups is 1. The molecule has 1 aliphatic rings. The number of nitrogens with zero attached hydrogens (tertiary/aromatic N) is 3. The van der Waals surface area contributed by atoms with Gasteiger partial charge in [-0.05, 0) is 54.2 Å². The molecular formula is C29H31Cl2N3O4. The van der Waals surface area contributed by atoms with E-state index in [9.17, 15) is 20.0 Å². The molecule has 0 bridgehead atoms. The molecule has 1 aromatic heterocycles. The molecule has 38 heavy (non-hydrogen) atoms. The van der Waals surface area contributed by atoms with Crippen molar-refractivity contribution in [2.75, 3.05) is 6.61 Å². The fourth-order valence-corrected chi connectivity index (χ4v) is 5.94. The number of hydrogen-bond acceptors (Lipinski definition) is 5. The summed E-state index contributed by atoms with van der Waals surface area (Å²) in [6.45, 7) is 8.03. The number of nitriles is 1. The standard InChI is InChI=1S/C29H31Cl2N3O4/c1-5-38-23(35)13-14-33-26(36)25-24(18-7-6-8-21(31)15-18)29(17-32,19-9-11-20(30)12-10-19)22(16-28(2,3)4)34(25)27(33)37/h6-12,15,22,24,36H,5,13-14,16H2,1-4H3/t22-,24+,29+/m1/s1. The van der Waals surface area contributed by atoms with Crippen LogP contribution in [0.5, 0.6) is 5.88 Å². The van der Waals surface area contributed by atoms with Crippen LogP contribution in [0, 0.1) is 16.7 Å². The van der Waals surface area contributed by atoms with Crippen LogP contribution in [0.1, 0.15) is 69.3 Å². The van der Waals surface area contributed by atoms with E-state index in [0.29, 0.717) is 33.3 Å². The molecule has 9 heteroatoms. The van der Waals surface area contributed by atoms with Crippen LogP contribution in [-0.4, -0.2) is 26.8 Å². The van der Waals surface area contributed by atoms with Gasteiger partial charge in [-0.3, -0.25) is 13.9 Å². The lowest BCUT2D eigenvalue weighted by molar-refractivity contribution is -0.143. The van der Waals surface area contributed by atoms with Crippen molar-refractivity contribution in [1.82, 2.24) is 9.13 Å². The van der Waals surface area contributed by atoms with E-state index >= 15 is 0 Å². The lowest BCUT2D eigenvalue weighted by Gasteiger charge is -2.37. The summed E-state index contributed by atoms with van der Waals surface area (Å²) in [6, 6.07) is 16.2. The zero-order chi connectivity index (χ0) is 27.8. The normalized spacial score (nSPS) is 20.7. The van der Waals surface area contributed by atoms with Crippen LogP contribution in [-0.2, 0) is 21.5 Å². The molecule has 0 unspecified atom stereocenters. The Balaban J connectivity index is 2.03. The highest BCUT2D eigenvalue weighted by Gasteiger charge is 2.59. The van der Waals surface area contributed by atoms with Crippen molar-refractivity contribution in [3.8, 4) is 11.9 Å². The van der Waals surface area contributed by atoms with Gasteiger partial charge in [-0.1, -0.05) is 68.2 Å². The van der Waals surface area contributed by atoms with Crippen LogP contribution in [0.3, 0.4) is 0 Å². The van der Waals surface area contributed by atoms with Gasteiger partial charge < -0.3 is 9.84 Å². The average molecular weight is 556 g/mol. The summed E-state index contributed by atoms with van der Waals surface area (Å²) >= 11 is 12.6. The Morgan fingerprint density at radius 3 is 2.42 bits per heavy atom. The number of ether oxygens (including phenoxy) is 1. The first-order valence-corrected chi connectivity index (χ1v) is 13.3. The van der Waals surface area contributed by atoms with E-state index in [0.717, 1.165) is 0 Å². The highest BCUT2D eigenvalue weighted by atomic mass is 35.5. The molecule has 0 amide bonds. The molecule has 2 heterocycles. The number of rotatable bonds is 7. The second kappa shape index (κ2) is 10.5. The Morgan fingerprint density at radius 2 is 1.84 bits per heavy atom. The van der Waals surface area contributed by atoms with E-state index in [-0.39, 0.29) is 30.9 Å². The minimum Gasteiger partial charge on any atom is -0.493 e. The second-order valence-electron chi connectivity index (χ2n) is 10.8. The molecule has 0 spiro atoms. The molecular weight excluding hydrogens is 525 g/mol. The topological polar surface area (TPSA) is 97.2 Å². The van der Waals surface area contributed by atoms with E-state index in [1.54, 1.807) is 41.8 Å². The number of hydrogen-bond donors (Lipinski definition) is 1. The molecule has 3 aromatic rings. The fraction of sp³-hybridized carbons (Fsp3) is 0.414. The predicted octanol–water partition coefficient (Wildman–Crippen LogP) is 6.20. The molecule has 0 saturated heterocycles. The quantitative estimate of drug-likeness (QED) is 0.350. The highest BCUT2D eigenvalue weighted by molar-refractivity contribution is 6.30. The van der Waals surface area contributed by atoms with Gasteiger partial charge in [0, 0.05) is 16.6 Å². The predicted molar refractivity (Wildman–Crippen MR) is 147 cm³/mol. The van der Waals surface area contributed by atoms with Crippen molar-refractivity contribution >= 4 is 29.2 Å². The molecule has 200 valence electrons. The van der Waals surface area contributed by atoms with Gasteiger partial charge in [0.1, 0.15) is 5.41 Å². The van der Waals surface area contributed by atoms with Gasteiger partial charge in [0.15, 0.2) is 0 Å². The van der Waals surface area contributed by atoms with Gasteiger partial charge >= 0.3 is 11.7 Å². The number of aromatic nitrogens is 2. The van der Waals surface area contributed by atoms with Crippen LogP contribution in [0.15, 0.2) is 53.3 Å². The number of halogens is 2. The van der Waals surface area contributed by atoms with Crippen molar-refractivity contribution in [1.29, 1.82) is 5.26 Å². The van der Waals surface area contributed by atoms with Crippen LogP contribution < -0.4 is 5.69 Å². The smallest absolute Gasteiger partial charge is 0.331 e. The van der Waals surface area contributed by atoms with Crippen molar-refractivity contribution < 1.29 is 14.6 Å². The minimum atomic E-state index is -1.26. The molecule has 0 saturated carbocycles. The Hall–Kier alpha value is -3.21. The zero-order valence-corrected chi connectivity index (χ0v) is 23.4. The summed E-state index contributed by atoms with van der Waals surface area (Å²) in [5.41, 5.74) is -0.307. The molecule has 1 aliphatic heterocycles. The molecule has 0 radical (unpaired) electrons. The van der Waals surface area contributed by atoms with Crippen LogP contribution in [0.2, 0.25) is 10.0 Å². The molecule has 7 nitrogen and oxygen atoms in total. The van der Waals surface area contributed by atoms with Gasteiger partial charge in [0.2, 0.25) is 5.88 Å². The monoisotopic (exact) mass is 555 g/mol. The minimum absolute atomic E-state index is 0.0471. The summed E-state index contributed by atoms with van der Waals surface area (Å²) in [5.74, 6) is -1.46. The second-order valence-corrected chi connectivity index (χ2v) is 11.7.